The number of carbonyl (C=O) groups is 3. The number of hydrogen-bond acceptors (Lipinski definition) is 6. The molecule has 1 aliphatic rings. The van der Waals surface area contributed by atoms with Gasteiger partial charge >= 0.3 is 12.0 Å². The molecule has 138 valence electrons. The van der Waals surface area contributed by atoms with Crippen molar-refractivity contribution in [1.82, 2.24) is 15.8 Å². The molecule has 1 aromatic heterocycles. The van der Waals surface area contributed by atoms with Gasteiger partial charge in [0.05, 0.1) is 6.42 Å². The first-order chi connectivity index (χ1) is 12.6. The fourth-order valence-electron chi connectivity index (χ4n) is 3.03. The van der Waals surface area contributed by atoms with E-state index in [9.17, 15) is 14.4 Å². The average Bonchev–Trinajstić information content (AvgIpc) is 3.04. The highest BCUT2D eigenvalue weighted by Gasteiger charge is 2.18. The third-order valence-corrected chi connectivity index (χ3v) is 4.32. The number of rotatable bonds is 5. The Bertz CT molecular complexity index is 795. The van der Waals surface area contributed by atoms with Crippen molar-refractivity contribution in [1.29, 1.82) is 0 Å². The summed E-state index contributed by atoms with van der Waals surface area (Å²) >= 11 is 0. The van der Waals surface area contributed by atoms with Crippen LogP contribution in [0.4, 0.5) is 4.79 Å². The second-order valence-corrected chi connectivity index (χ2v) is 6.32. The summed E-state index contributed by atoms with van der Waals surface area (Å²) < 4.78 is 10.0. The zero-order valence-corrected chi connectivity index (χ0v) is 14.3. The summed E-state index contributed by atoms with van der Waals surface area (Å²) in [6.07, 6.45) is 5.05. The molecule has 0 bridgehead atoms. The number of esters is 1. The van der Waals surface area contributed by atoms with Crippen LogP contribution in [0.5, 0.6) is 0 Å². The summed E-state index contributed by atoms with van der Waals surface area (Å²) in [7, 11) is 0. The van der Waals surface area contributed by atoms with E-state index in [2.05, 4.69) is 15.8 Å². The fraction of sp³-hybridized carbons (Fsp3) is 0.444. The number of benzene rings is 1. The van der Waals surface area contributed by atoms with Crippen molar-refractivity contribution in [3.63, 3.8) is 0 Å². The first kappa shape index (κ1) is 17.9. The van der Waals surface area contributed by atoms with Crippen LogP contribution < -0.4 is 10.6 Å². The highest BCUT2D eigenvalue weighted by Crippen LogP contribution is 2.18. The lowest BCUT2D eigenvalue weighted by molar-refractivity contribution is -0.147. The van der Waals surface area contributed by atoms with E-state index < -0.39 is 24.5 Å². The van der Waals surface area contributed by atoms with Crippen LogP contribution in [0.1, 0.15) is 37.8 Å². The molecule has 1 fully saturated rings. The maximum absolute atomic E-state index is 11.9. The smallest absolute Gasteiger partial charge is 0.321 e. The Labute approximate surface area is 150 Å². The van der Waals surface area contributed by atoms with Gasteiger partial charge in [0.25, 0.3) is 5.91 Å². The number of ether oxygens (including phenoxy) is 1. The zero-order valence-electron chi connectivity index (χ0n) is 14.3. The topological polar surface area (TPSA) is 111 Å². The van der Waals surface area contributed by atoms with Crippen LogP contribution in [0, 0.1) is 0 Å². The maximum Gasteiger partial charge on any atom is 0.321 e. The Hall–Kier alpha value is -2.90. The molecule has 0 unspecified atom stereocenters. The van der Waals surface area contributed by atoms with Crippen LogP contribution in [0.3, 0.4) is 0 Å². The van der Waals surface area contributed by atoms with Crippen molar-refractivity contribution in [2.24, 2.45) is 0 Å². The Morgan fingerprint density at radius 1 is 1.15 bits per heavy atom. The number of carbonyl (C=O) groups excluding carboxylic acids is 3. The number of nitrogens with zero attached hydrogens (tertiary/aromatic N) is 1. The molecule has 1 aromatic carbocycles. The van der Waals surface area contributed by atoms with Crippen LogP contribution >= 0.6 is 0 Å². The summed E-state index contributed by atoms with van der Waals surface area (Å²) in [5, 5.41) is 9.49. The van der Waals surface area contributed by atoms with Crippen LogP contribution in [-0.2, 0) is 20.7 Å². The predicted octanol–water partition coefficient (Wildman–Crippen LogP) is 2.07. The van der Waals surface area contributed by atoms with Gasteiger partial charge in [-0.2, -0.15) is 0 Å². The number of imide groups is 1. The van der Waals surface area contributed by atoms with Gasteiger partial charge in [0, 0.05) is 11.4 Å². The van der Waals surface area contributed by atoms with Crippen molar-refractivity contribution in [2.45, 2.75) is 44.6 Å². The molecule has 3 amide bonds. The summed E-state index contributed by atoms with van der Waals surface area (Å²) in [5.41, 5.74) is 1.02. The van der Waals surface area contributed by atoms with E-state index in [0.717, 1.165) is 31.1 Å². The van der Waals surface area contributed by atoms with Gasteiger partial charge in [0.15, 0.2) is 12.2 Å². The second-order valence-electron chi connectivity index (χ2n) is 6.32. The maximum atomic E-state index is 11.9. The first-order valence-electron chi connectivity index (χ1n) is 8.71. The zero-order chi connectivity index (χ0) is 18.4. The monoisotopic (exact) mass is 359 g/mol. The second kappa shape index (κ2) is 8.46. The summed E-state index contributed by atoms with van der Waals surface area (Å²) in [4.78, 5) is 35.4. The normalized spacial score (nSPS) is 14.8. The lowest BCUT2D eigenvalue weighted by atomic mass is 9.96. The molecule has 0 radical (unpaired) electrons. The molecule has 1 saturated carbocycles. The van der Waals surface area contributed by atoms with Crippen molar-refractivity contribution < 1.29 is 23.6 Å². The van der Waals surface area contributed by atoms with E-state index in [1.807, 2.05) is 6.07 Å². The van der Waals surface area contributed by atoms with Gasteiger partial charge in [0.2, 0.25) is 0 Å². The van der Waals surface area contributed by atoms with Crippen molar-refractivity contribution in [3.8, 4) is 0 Å². The van der Waals surface area contributed by atoms with Gasteiger partial charge in [-0.05, 0) is 25.0 Å². The van der Waals surface area contributed by atoms with E-state index in [-0.39, 0.29) is 12.5 Å². The van der Waals surface area contributed by atoms with Crippen LogP contribution in [0.15, 0.2) is 28.8 Å². The molecular weight excluding hydrogens is 338 g/mol. The predicted molar refractivity (Wildman–Crippen MR) is 92.2 cm³/mol. The number of para-hydroxylation sites is 1. The number of aromatic nitrogens is 1. The van der Waals surface area contributed by atoms with Crippen molar-refractivity contribution >= 4 is 28.9 Å². The third-order valence-electron chi connectivity index (χ3n) is 4.32. The van der Waals surface area contributed by atoms with Crippen LogP contribution in [-0.4, -0.2) is 35.7 Å². The quantitative estimate of drug-likeness (QED) is 0.791. The molecule has 26 heavy (non-hydrogen) atoms. The van der Waals surface area contributed by atoms with Gasteiger partial charge in [0.1, 0.15) is 5.69 Å². The number of hydrogen-bond donors (Lipinski definition) is 2. The number of amides is 3. The molecular formula is C18H21N3O5. The molecule has 0 saturated heterocycles. The Kier molecular flexibility index (Phi) is 5.83. The molecule has 2 aromatic rings. The van der Waals surface area contributed by atoms with Gasteiger partial charge < -0.3 is 14.6 Å². The van der Waals surface area contributed by atoms with E-state index in [4.69, 9.17) is 9.26 Å². The highest BCUT2D eigenvalue weighted by atomic mass is 16.5. The minimum absolute atomic E-state index is 0.0968. The van der Waals surface area contributed by atoms with E-state index in [0.29, 0.717) is 11.3 Å². The molecule has 8 heteroatoms. The summed E-state index contributed by atoms with van der Waals surface area (Å²) in [5.74, 6) is -1.29. The van der Waals surface area contributed by atoms with Gasteiger partial charge in [-0.3, -0.25) is 14.9 Å². The van der Waals surface area contributed by atoms with Gasteiger partial charge in [-0.15, -0.1) is 0 Å². The molecule has 1 aliphatic carbocycles. The lowest BCUT2D eigenvalue weighted by Crippen LogP contribution is -2.46. The van der Waals surface area contributed by atoms with Crippen LogP contribution in [0.2, 0.25) is 0 Å². The third kappa shape index (κ3) is 4.81. The van der Waals surface area contributed by atoms with E-state index in [1.165, 1.54) is 6.42 Å². The molecule has 2 N–H and O–H groups in total. The van der Waals surface area contributed by atoms with Gasteiger partial charge in [-0.25, -0.2) is 4.79 Å². The molecule has 0 atom stereocenters. The number of urea groups is 1. The molecule has 3 rings (SSSR count). The largest absolute Gasteiger partial charge is 0.455 e. The minimum Gasteiger partial charge on any atom is -0.455 e. The lowest BCUT2D eigenvalue weighted by Gasteiger charge is -2.22. The first-order valence-corrected chi connectivity index (χ1v) is 8.71. The molecule has 0 spiro atoms. The number of fused-ring (bicyclic) bond motifs is 1. The van der Waals surface area contributed by atoms with Crippen molar-refractivity contribution in [3.05, 3.63) is 30.0 Å². The van der Waals surface area contributed by atoms with Crippen molar-refractivity contribution in [2.75, 3.05) is 6.61 Å². The Morgan fingerprint density at radius 3 is 2.73 bits per heavy atom. The molecule has 0 aliphatic heterocycles. The van der Waals surface area contributed by atoms with E-state index >= 15 is 0 Å². The standard InChI is InChI=1S/C18H21N3O5/c22-16(20-18(24)19-12-6-2-1-3-7-12)11-25-17(23)10-14-13-8-4-5-9-15(13)26-21-14/h4-5,8-9,12H,1-3,6-7,10-11H2,(H2,19,20,22,24). The number of nitrogens with one attached hydrogen (secondary N) is 2. The Balaban J connectivity index is 1.41. The van der Waals surface area contributed by atoms with Crippen LogP contribution in [0.25, 0.3) is 11.0 Å². The minimum atomic E-state index is -0.670. The Morgan fingerprint density at radius 2 is 1.92 bits per heavy atom. The SMILES string of the molecule is O=C(COC(=O)Cc1noc2ccccc12)NC(=O)NC1CCCCC1. The summed E-state index contributed by atoms with van der Waals surface area (Å²) in [6, 6.07) is 6.69. The highest BCUT2D eigenvalue weighted by molar-refractivity contribution is 5.95. The average molecular weight is 359 g/mol. The fourth-order valence-corrected chi connectivity index (χ4v) is 3.03. The molecule has 8 nitrogen and oxygen atoms in total. The molecule has 1 heterocycles. The van der Waals surface area contributed by atoms with Gasteiger partial charge in [-0.1, -0.05) is 36.6 Å². The van der Waals surface area contributed by atoms with E-state index in [1.54, 1.807) is 18.2 Å². The summed E-state index contributed by atoms with van der Waals surface area (Å²) in [6.45, 7) is -0.521.